The lowest BCUT2D eigenvalue weighted by atomic mass is 9.59. The molecule has 0 spiro atoms. The second kappa shape index (κ2) is 14.1. The minimum absolute atomic E-state index is 0.00473. The van der Waals surface area contributed by atoms with Crippen molar-refractivity contribution < 1.29 is 24.3 Å². The Morgan fingerprint density at radius 2 is 1.44 bits per heavy atom. The highest BCUT2D eigenvalue weighted by atomic mass is 32.2. The number of aromatic hydroxyl groups is 1. The summed E-state index contributed by atoms with van der Waals surface area (Å²) in [5.74, 6) is -0.772. The van der Waals surface area contributed by atoms with Crippen LogP contribution in [0.3, 0.4) is 0 Å². The lowest BCUT2D eigenvalue weighted by Crippen LogP contribution is -2.62. The monoisotopic (exact) mass is 710 g/mol. The number of piperidine rings is 1. The van der Waals surface area contributed by atoms with E-state index in [2.05, 4.69) is 97.4 Å². The van der Waals surface area contributed by atoms with Crippen LogP contribution in [-0.4, -0.2) is 56.1 Å². The van der Waals surface area contributed by atoms with Crippen LogP contribution in [0.4, 0.5) is 0 Å². The topological polar surface area (TPSA) is 128 Å². The van der Waals surface area contributed by atoms with Crippen molar-refractivity contribution in [3.63, 3.8) is 0 Å². The van der Waals surface area contributed by atoms with Crippen molar-refractivity contribution in [2.45, 2.75) is 166 Å². The molecule has 0 radical (unpaired) electrons. The number of nitrogens with one attached hydrogen (secondary N) is 3. The number of carbonyl (C=O) groups excluding carboxylic acids is 4. The van der Waals surface area contributed by atoms with Gasteiger partial charge in [0.25, 0.3) is 11.8 Å². The van der Waals surface area contributed by atoms with Gasteiger partial charge >= 0.3 is 0 Å². The summed E-state index contributed by atoms with van der Waals surface area (Å²) >= 11 is 1.87. The van der Waals surface area contributed by atoms with Crippen LogP contribution in [0.5, 0.6) is 5.75 Å². The number of hydrogen-bond acceptors (Lipinski definition) is 7. The van der Waals surface area contributed by atoms with Crippen molar-refractivity contribution in [2.24, 2.45) is 23.7 Å². The zero-order valence-electron chi connectivity index (χ0n) is 32.1. The van der Waals surface area contributed by atoms with E-state index < -0.39 is 17.7 Å². The Kier molecular flexibility index (Phi) is 10.9. The molecule has 5 unspecified atom stereocenters. The van der Waals surface area contributed by atoms with Crippen molar-refractivity contribution in [1.29, 1.82) is 0 Å². The molecular formula is C40H62N4O5S. The molecular weight excluding hydrogens is 649 g/mol. The highest BCUT2D eigenvalue weighted by Gasteiger charge is 2.61. The van der Waals surface area contributed by atoms with Crippen LogP contribution < -0.4 is 16.1 Å². The Labute approximate surface area is 304 Å². The summed E-state index contributed by atoms with van der Waals surface area (Å²) in [4.78, 5) is 53.2. The van der Waals surface area contributed by atoms with E-state index in [0.717, 1.165) is 66.8 Å². The number of nitrogens with zero attached hydrogens (tertiary/aromatic N) is 1. The number of hydrazine groups is 1. The molecule has 5 fully saturated rings. The van der Waals surface area contributed by atoms with Gasteiger partial charge in [-0.2, -0.15) is 16.8 Å². The average molecular weight is 711 g/mol. The largest absolute Gasteiger partial charge is 0.507 e. The van der Waals surface area contributed by atoms with Crippen LogP contribution in [0.25, 0.3) is 0 Å². The maximum Gasteiger partial charge on any atom is 0.252 e. The molecule has 4 amide bonds. The first-order valence-corrected chi connectivity index (χ1v) is 20.0. The molecule has 10 heteroatoms. The molecule has 2 bridgehead atoms. The van der Waals surface area contributed by atoms with Gasteiger partial charge in [-0.25, -0.2) is 0 Å². The van der Waals surface area contributed by atoms with Crippen molar-refractivity contribution >= 4 is 35.4 Å². The van der Waals surface area contributed by atoms with Crippen LogP contribution in [0, 0.1) is 23.7 Å². The number of rotatable bonds is 12. The fraction of sp³-hybridized carbons (Fsp3) is 0.750. The highest BCUT2D eigenvalue weighted by molar-refractivity contribution is 7.99. The number of amides is 4. The fourth-order valence-corrected chi connectivity index (χ4v) is 10.9. The van der Waals surface area contributed by atoms with E-state index in [1.807, 2.05) is 11.8 Å². The Morgan fingerprint density at radius 1 is 0.900 bits per heavy atom. The zero-order valence-corrected chi connectivity index (χ0v) is 32.9. The number of phenolic OH excluding ortho intramolecular Hbond substituents is 1. The van der Waals surface area contributed by atoms with Crippen molar-refractivity contribution in [2.75, 3.05) is 0 Å². The molecule has 1 aromatic carbocycles. The predicted molar refractivity (Wildman–Crippen MR) is 199 cm³/mol. The molecule has 278 valence electrons. The normalized spacial score (nSPS) is 27.7. The Balaban J connectivity index is 1.21. The number of phenols is 1. The standard InChI is InChI=1S/C40H62N4O5S/c1-11-37(3,4)27-17-23(18-28(34(27)47)38(5,6)12-2)22-50-29-19-24-13-14-26(29)33-32(24)35(48)44(36(33)49)42-31(46)16-15-30(45)41-25-20-39(7,8)43-40(9,10)21-25/h17-18,24-26,29,32-33,43,47H,11-16,19-22H2,1-10H3,(H,41,45)(H,42,46). The van der Waals surface area contributed by atoms with Crippen molar-refractivity contribution in [3.05, 3.63) is 28.8 Å². The fourth-order valence-electron chi connectivity index (χ4n) is 9.41. The van der Waals surface area contributed by atoms with Gasteiger partial charge in [-0.15, -0.1) is 0 Å². The SMILES string of the molecule is CCC(C)(C)c1cc(CSC2CC3CCC2C2C(=O)N(NC(=O)CCC(=O)NC4CC(C)(C)NC(C)(C)C4)C(=O)C32)cc(C(C)(C)CC)c1O. The molecule has 1 aromatic rings. The first-order valence-electron chi connectivity index (χ1n) is 18.9. The smallest absolute Gasteiger partial charge is 0.252 e. The van der Waals surface area contributed by atoms with E-state index in [0.29, 0.717) is 5.75 Å². The minimum atomic E-state index is -0.492. The zero-order chi connectivity index (χ0) is 37.0. The first kappa shape index (κ1) is 38.6. The third kappa shape index (κ3) is 7.91. The summed E-state index contributed by atoms with van der Waals surface area (Å²) in [7, 11) is 0. The molecule has 2 heterocycles. The van der Waals surface area contributed by atoms with Crippen molar-refractivity contribution in [3.8, 4) is 5.75 Å². The second-order valence-corrected chi connectivity index (χ2v) is 19.5. The maximum absolute atomic E-state index is 13.8. The Morgan fingerprint density at radius 3 is 2.00 bits per heavy atom. The second-order valence-electron chi connectivity index (χ2n) is 18.3. The molecule has 0 aromatic heterocycles. The molecule has 2 saturated heterocycles. The van der Waals surface area contributed by atoms with Gasteiger partial charge in [0.1, 0.15) is 5.75 Å². The summed E-state index contributed by atoms with van der Waals surface area (Å²) in [6.07, 6.45) is 5.98. The molecule has 2 aliphatic heterocycles. The van der Waals surface area contributed by atoms with Crippen LogP contribution in [-0.2, 0) is 35.8 Å². The van der Waals surface area contributed by atoms with Gasteiger partial charge < -0.3 is 15.7 Å². The van der Waals surface area contributed by atoms with E-state index in [1.165, 1.54) is 5.56 Å². The summed E-state index contributed by atoms with van der Waals surface area (Å²) in [6, 6.07) is 4.34. The third-order valence-electron chi connectivity index (χ3n) is 12.5. The van der Waals surface area contributed by atoms with Gasteiger partial charge in [0, 0.05) is 52.1 Å². The number of thioether (sulfide) groups is 1. The van der Waals surface area contributed by atoms with Gasteiger partial charge in [-0.05, 0) is 101 Å². The number of carbonyl (C=O) groups is 4. The average Bonchev–Trinajstić information content (AvgIpc) is 3.28. The van der Waals surface area contributed by atoms with Gasteiger partial charge in [0.2, 0.25) is 11.8 Å². The van der Waals surface area contributed by atoms with Crippen LogP contribution in [0.1, 0.15) is 144 Å². The van der Waals surface area contributed by atoms with Gasteiger partial charge in [-0.1, -0.05) is 53.7 Å². The molecule has 6 rings (SSSR count). The number of benzene rings is 1. The molecule has 4 N–H and O–H groups in total. The van der Waals surface area contributed by atoms with Crippen LogP contribution >= 0.6 is 11.8 Å². The maximum atomic E-state index is 13.8. The molecule has 50 heavy (non-hydrogen) atoms. The minimum Gasteiger partial charge on any atom is -0.507 e. The number of hydrogen-bond donors (Lipinski definition) is 4. The predicted octanol–water partition coefficient (Wildman–Crippen LogP) is 6.64. The van der Waals surface area contributed by atoms with Crippen LogP contribution in [0.2, 0.25) is 0 Å². The summed E-state index contributed by atoms with van der Waals surface area (Å²) in [5.41, 5.74) is 5.18. The Hall–Kier alpha value is -2.59. The molecule has 9 nitrogen and oxygen atoms in total. The lowest BCUT2D eigenvalue weighted by molar-refractivity contribution is -0.149. The van der Waals surface area contributed by atoms with Crippen LogP contribution in [0.15, 0.2) is 12.1 Å². The van der Waals surface area contributed by atoms with E-state index in [4.69, 9.17) is 0 Å². The molecule has 3 saturated carbocycles. The molecule has 5 atom stereocenters. The molecule has 3 aliphatic carbocycles. The van der Waals surface area contributed by atoms with Gasteiger partial charge in [0.15, 0.2) is 0 Å². The van der Waals surface area contributed by atoms with E-state index >= 15 is 0 Å². The lowest BCUT2D eigenvalue weighted by Gasteiger charge is -2.47. The summed E-state index contributed by atoms with van der Waals surface area (Å²) in [5, 5.41) is 19.3. The highest BCUT2D eigenvalue weighted by Crippen LogP contribution is 2.56. The summed E-state index contributed by atoms with van der Waals surface area (Å²) in [6.45, 7) is 21.5. The van der Waals surface area contributed by atoms with E-state index in [1.54, 1.807) is 0 Å². The van der Waals surface area contributed by atoms with E-state index in [-0.39, 0.29) is 75.6 Å². The summed E-state index contributed by atoms with van der Waals surface area (Å²) < 4.78 is 0. The third-order valence-corrected chi connectivity index (χ3v) is 14.0. The van der Waals surface area contributed by atoms with Gasteiger partial charge in [-0.3, -0.25) is 24.6 Å². The van der Waals surface area contributed by atoms with Gasteiger partial charge in [0.05, 0.1) is 11.8 Å². The first-order chi connectivity index (χ1) is 23.2. The number of fused-ring (bicyclic) bond motifs is 2. The number of imide groups is 1. The molecule has 5 aliphatic rings. The van der Waals surface area contributed by atoms with E-state index in [9.17, 15) is 24.3 Å². The van der Waals surface area contributed by atoms with Crippen molar-refractivity contribution in [1.82, 2.24) is 21.1 Å². The quantitative estimate of drug-likeness (QED) is 0.179. The Bertz CT molecular complexity index is 1450.